The number of ether oxygens (including phenoxy) is 3. The number of nitrogens with one attached hydrogen (secondary N) is 1. The molecule has 0 spiro atoms. The van der Waals surface area contributed by atoms with Crippen molar-refractivity contribution in [1.29, 1.82) is 0 Å². The van der Waals surface area contributed by atoms with Gasteiger partial charge in [-0.2, -0.15) is 0 Å². The Hall–Kier alpha value is -3.57. The fraction of sp³-hybridized carbons (Fsp3) is 0.417. The molecule has 0 aliphatic carbocycles. The average Bonchev–Trinajstić information content (AvgIpc) is 3.29. The fourth-order valence-electron chi connectivity index (χ4n) is 4.47. The summed E-state index contributed by atoms with van der Waals surface area (Å²) in [7, 11) is 1.53. The van der Waals surface area contributed by atoms with Crippen LogP contribution in [0.5, 0.6) is 17.4 Å². The molecule has 35 heavy (non-hydrogen) atoms. The van der Waals surface area contributed by atoms with Crippen molar-refractivity contribution in [2.45, 2.75) is 13.0 Å². The number of nitrogens with zero attached hydrogens (tertiary/aromatic N) is 5. The molecule has 1 atom stereocenters. The molecule has 5 rings (SSSR count). The summed E-state index contributed by atoms with van der Waals surface area (Å²) in [5.41, 5.74) is 3.17. The van der Waals surface area contributed by atoms with Gasteiger partial charge in [0.1, 0.15) is 19.0 Å². The maximum Gasteiger partial charge on any atom is 0.213 e. The van der Waals surface area contributed by atoms with Crippen molar-refractivity contribution in [3.63, 3.8) is 0 Å². The van der Waals surface area contributed by atoms with Gasteiger partial charge in [0.2, 0.25) is 5.88 Å². The molecular formula is C24H27FN6O4. The Morgan fingerprint density at radius 2 is 2.09 bits per heavy atom. The second-order valence-electron chi connectivity index (χ2n) is 8.53. The summed E-state index contributed by atoms with van der Waals surface area (Å²) in [5.74, 6) is 1.43. The van der Waals surface area contributed by atoms with E-state index in [1.165, 1.54) is 13.3 Å². The summed E-state index contributed by atoms with van der Waals surface area (Å²) in [6, 6.07) is 5.36. The van der Waals surface area contributed by atoms with E-state index in [9.17, 15) is 9.60 Å². The van der Waals surface area contributed by atoms with Gasteiger partial charge in [0, 0.05) is 56.3 Å². The van der Waals surface area contributed by atoms with Gasteiger partial charge in [-0.15, -0.1) is 0 Å². The molecule has 184 valence electrons. The maximum atomic E-state index is 14.6. The molecule has 2 N–H and O–H groups in total. The number of hydrogen-bond donors (Lipinski definition) is 2. The number of rotatable bonds is 8. The molecule has 2 aliphatic heterocycles. The third-order valence-corrected chi connectivity index (χ3v) is 6.27. The maximum absolute atomic E-state index is 14.6. The number of fused-ring (bicyclic) bond motifs is 2. The van der Waals surface area contributed by atoms with E-state index in [-0.39, 0.29) is 5.92 Å². The van der Waals surface area contributed by atoms with Crippen LogP contribution in [0.2, 0.25) is 0 Å². The zero-order valence-corrected chi connectivity index (χ0v) is 19.4. The minimum Gasteiger partial charge on any atom is -0.486 e. The summed E-state index contributed by atoms with van der Waals surface area (Å²) in [5, 5.41) is 16.4. The molecule has 11 heteroatoms. The van der Waals surface area contributed by atoms with Gasteiger partial charge >= 0.3 is 0 Å². The van der Waals surface area contributed by atoms with E-state index in [0.29, 0.717) is 92.0 Å². The predicted molar refractivity (Wildman–Crippen MR) is 126 cm³/mol. The minimum atomic E-state index is -0.390. The molecule has 3 aromatic rings. The SMILES string of the molecule is COc1ccc2ncc(F)c(CCN3CC(=NO)[C@H](CNCc4cc5c(cn4)OCCO5)C3)c2n1. The first-order chi connectivity index (χ1) is 17.1. The molecule has 0 amide bonds. The van der Waals surface area contributed by atoms with Crippen LogP contribution in [0.3, 0.4) is 0 Å². The van der Waals surface area contributed by atoms with E-state index in [2.05, 4.69) is 30.3 Å². The molecule has 0 aromatic carbocycles. The topological polar surface area (TPSA) is 114 Å². The summed E-state index contributed by atoms with van der Waals surface area (Å²) in [6.45, 7) is 4.04. The lowest BCUT2D eigenvalue weighted by atomic mass is 10.1. The molecule has 3 aromatic heterocycles. The average molecular weight is 483 g/mol. The monoisotopic (exact) mass is 482 g/mol. The quantitative estimate of drug-likeness (QED) is 0.368. The first-order valence-electron chi connectivity index (χ1n) is 11.5. The van der Waals surface area contributed by atoms with Crippen LogP contribution in [-0.4, -0.2) is 77.3 Å². The highest BCUT2D eigenvalue weighted by Crippen LogP contribution is 2.29. The van der Waals surface area contributed by atoms with Crippen molar-refractivity contribution in [2.24, 2.45) is 11.1 Å². The highest BCUT2D eigenvalue weighted by molar-refractivity contribution is 5.90. The first-order valence-corrected chi connectivity index (χ1v) is 11.5. The Bertz CT molecular complexity index is 1240. The van der Waals surface area contributed by atoms with Gasteiger partial charge in [-0.1, -0.05) is 5.16 Å². The smallest absolute Gasteiger partial charge is 0.213 e. The van der Waals surface area contributed by atoms with Crippen molar-refractivity contribution < 1.29 is 23.8 Å². The summed E-state index contributed by atoms with van der Waals surface area (Å²) in [6.07, 6.45) is 3.36. The zero-order chi connectivity index (χ0) is 24.2. The van der Waals surface area contributed by atoms with Crippen molar-refractivity contribution >= 4 is 16.7 Å². The van der Waals surface area contributed by atoms with Crippen LogP contribution >= 0.6 is 0 Å². The van der Waals surface area contributed by atoms with Crippen molar-refractivity contribution in [1.82, 2.24) is 25.2 Å². The van der Waals surface area contributed by atoms with Crippen molar-refractivity contribution in [2.75, 3.05) is 46.5 Å². The molecule has 0 saturated carbocycles. The standard InChI is InChI=1S/C24H27FN6O4/c1-33-23-3-2-19-24(29-23)17(18(25)11-28-19)4-5-31-13-15(20(14-31)30-32)9-26-10-16-8-21-22(12-27-16)35-7-6-34-21/h2-3,8,11-12,15,26,32H,4-7,9-10,13-14H2,1H3/t15-/m1/s1. The zero-order valence-electron chi connectivity index (χ0n) is 19.4. The second kappa shape index (κ2) is 10.4. The molecular weight excluding hydrogens is 455 g/mol. The van der Waals surface area contributed by atoms with Gasteiger partial charge in [0.05, 0.1) is 41.9 Å². The first kappa shape index (κ1) is 23.2. The summed E-state index contributed by atoms with van der Waals surface area (Å²) < 4.78 is 30.9. The lowest BCUT2D eigenvalue weighted by molar-refractivity contribution is 0.170. The van der Waals surface area contributed by atoms with E-state index in [1.54, 1.807) is 18.3 Å². The molecule has 0 bridgehead atoms. The number of halogens is 1. The Balaban J connectivity index is 1.18. The van der Waals surface area contributed by atoms with Crippen LogP contribution < -0.4 is 19.5 Å². The highest BCUT2D eigenvalue weighted by Gasteiger charge is 2.29. The Labute approximate surface area is 201 Å². The largest absolute Gasteiger partial charge is 0.486 e. The van der Waals surface area contributed by atoms with Crippen LogP contribution in [0.4, 0.5) is 4.39 Å². The van der Waals surface area contributed by atoms with Gasteiger partial charge in [0.25, 0.3) is 0 Å². The van der Waals surface area contributed by atoms with Crippen LogP contribution in [0.25, 0.3) is 11.0 Å². The Kier molecular flexibility index (Phi) is 6.87. The normalized spacial score (nSPS) is 18.9. The third kappa shape index (κ3) is 5.10. The Morgan fingerprint density at radius 3 is 2.91 bits per heavy atom. The van der Waals surface area contributed by atoms with Crippen LogP contribution in [0, 0.1) is 11.7 Å². The summed E-state index contributed by atoms with van der Waals surface area (Å²) >= 11 is 0. The number of pyridine rings is 3. The number of oxime groups is 1. The van der Waals surface area contributed by atoms with Gasteiger partial charge in [-0.05, 0) is 12.5 Å². The van der Waals surface area contributed by atoms with E-state index >= 15 is 0 Å². The van der Waals surface area contributed by atoms with Crippen molar-refractivity contribution in [3.05, 3.63) is 47.7 Å². The number of aromatic nitrogens is 3. The molecule has 0 radical (unpaired) electrons. The fourth-order valence-corrected chi connectivity index (χ4v) is 4.47. The van der Waals surface area contributed by atoms with Gasteiger partial charge < -0.3 is 24.7 Å². The van der Waals surface area contributed by atoms with Gasteiger partial charge in [-0.3, -0.25) is 14.9 Å². The van der Waals surface area contributed by atoms with Crippen LogP contribution in [-0.2, 0) is 13.0 Å². The number of hydrogen-bond acceptors (Lipinski definition) is 10. The lowest BCUT2D eigenvalue weighted by Crippen LogP contribution is -2.29. The molecule has 0 unspecified atom stereocenters. The van der Waals surface area contributed by atoms with Crippen LogP contribution in [0.1, 0.15) is 11.3 Å². The van der Waals surface area contributed by atoms with E-state index < -0.39 is 5.82 Å². The number of likely N-dealkylation sites (tertiary alicyclic amines) is 1. The molecule has 2 aliphatic rings. The molecule has 5 heterocycles. The van der Waals surface area contributed by atoms with E-state index in [0.717, 1.165) is 5.69 Å². The number of methoxy groups -OCH3 is 1. The molecule has 1 saturated heterocycles. The van der Waals surface area contributed by atoms with E-state index in [4.69, 9.17) is 14.2 Å². The summed E-state index contributed by atoms with van der Waals surface area (Å²) in [4.78, 5) is 15.1. The second-order valence-corrected chi connectivity index (χ2v) is 8.53. The third-order valence-electron chi connectivity index (χ3n) is 6.27. The van der Waals surface area contributed by atoms with Gasteiger partial charge in [0.15, 0.2) is 11.5 Å². The minimum absolute atomic E-state index is 0.0365. The Morgan fingerprint density at radius 1 is 1.23 bits per heavy atom. The molecule has 1 fully saturated rings. The van der Waals surface area contributed by atoms with Crippen molar-refractivity contribution in [3.8, 4) is 17.4 Å². The lowest BCUT2D eigenvalue weighted by Gasteiger charge is -2.18. The highest BCUT2D eigenvalue weighted by atomic mass is 19.1. The van der Waals surface area contributed by atoms with Gasteiger partial charge in [-0.25, -0.2) is 9.37 Å². The molecule has 10 nitrogen and oxygen atoms in total. The van der Waals surface area contributed by atoms with E-state index in [1.807, 2.05) is 6.07 Å². The predicted octanol–water partition coefficient (Wildman–Crippen LogP) is 2.04. The van der Waals surface area contributed by atoms with Crippen LogP contribution in [0.15, 0.2) is 35.7 Å².